The van der Waals surface area contributed by atoms with Gasteiger partial charge in [-0.3, -0.25) is 42.9 Å². The van der Waals surface area contributed by atoms with Crippen molar-refractivity contribution in [3.05, 3.63) is 336 Å². The number of nitrogen functional groups attached to an aromatic ring is 2. The van der Waals surface area contributed by atoms with Crippen molar-refractivity contribution < 1.29 is 67.2 Å². The number of aromatic carboxylic acids is 1. The quantitative estimate of drug-likeness (QED) is 0.0243. The number of para-hydroxylation sites is 3. The van der Waals surface area contributed by atoms with Gasteiger partial charge in [-0.2, -0.15) is 0 Å². The van der Waals surface area contributed by atoms with Gasteiger partial charge in [0.2, 0.25) is 5.91 Å². The molecule has 13 rings (SSSR count). The van der Waals surface area contributed by atoms with Crippen molar-refractivity contribution in [2.75, 3.05) is 22.1 Å². The monoisotopic (exact) mass is 1920 g/mol. The number of H-pyrrole nitrogens is 1. The summed E-state index contributed by atoms with van der Waals surface area (Å²) in [6.45, 7) is 22.1. The van der Waals surface area contributed by atoms with Gasteiger partial charge in [-0.1, -0.05) is 191 Å². The van der Waals surface area contributed by atoms with E-state index in [0.717, 1.165) is 11.3 Å². The van der Waals surface area contributed by atoms with Crippen LogP contribution in [0.2, 0.25) is 30.1 Å². The second kappa shape index (κ2) is 48.1. The van der Waals surface area contributed by atoms with Gasteiger partial charge in [0.25, 0.3) is 17.0 Å². The van der Waals surface area contributed by atoms with Crippen molar-refractivity contribution in [2.24, 2.45) is 5.73 Å². The Balaban J connectivity index is 0.000000216. The number of carbonyl (C=O) groups is 8. The Morgan fingerprint density at radius 2 is 0.833 bits per heavy atom. The van der Waals surface area contributed by atoms with Crippen LogP contribution in [0.15, 0.2) is 254 Å². The van der Waals surface area contributed by atoms with Gasteiger partial charge in [-0.05, 0) is 205 Å². The number of alkyl carbamates (subject to hydrolysis) is 3. The van der Waals surface area contributed by atoms with E-state index in [4.69, 9.17) is 111 Å². The van der Waals surface area contributed by atoms with Crippen LogP contribution in [0.5, 0.6) is 0 Å². The van der Waals surface area contributed by atoms with Gasteiger partial charge < -0.3 is 72.6 Å². The Morgan fingerprint density at radius 1 is 0.447 bits per heavy atom. The normalized spacial score (nSPS) is 11.7. The van der Waals surface area contributed by atoms with E-state index in [1.165, 1.54) is 35.1 Å². The standard InChI is InChI=1S/C22H25ClN2O4.C21H22ClN3O3.C16H14ClN3O.C13H11ClN2O.C8H4ClNO3.C8H15NO4.C7H6ClNO2/c1-14(24-21(28)29-22(2,3)4)20(27)25-17-12-8-11-16(23)19(17)18(26)13-15-9-6-5-7-10-15;1-13(23-20(27)28-21(2,3)4)18-24-16-12-8-11-15(22)17(16)19(26)25(18)14-9-6-5-7-10-14;1-10(18)15-19-13-9-5-8-12(17)14(13)16(21)20(15)11-6-3-2-4-7-11;14-10-7-4-8-11(15)12(10)13(17)16-9-5-2-1-3-6-9;9-4-2-1-3-5-6(4)7(11)13-8(12)10-5;1-5(6(10)11)9-7(12)13-8(2,3)4;8-4-2-1-3-5(9)6(4)7(10)11/h5-12,14H,13H2,1-4H3,(H,24,28)(H,25,27);5-13H,1-4H3,(H,23,27);2-10H,18H2,1H3;1-8H,15H2,(H,16,17);1-3H,(H,10,12);5H,1-4H3,(H,9,12)(H,10,11);1-3H,9H2,(H,10,11)/t14-;13-;10-;;;5-;/m000..0./s1. The zero-order chi connectivity index (χ0) is 97.8. The molecule has 37 heteroatoms. The maximum atomic E-state index is 13.3. The van der Waals surface area contributed by atoms with Crippen molar-refractivity contribution in [3.8, 4) is 11.4 Å². The molecule has 10 aromatic carbocycles. The van der Waals surface area contributed by atoms with Crippen LogP contribution in [0.25, 0.3) is 44.1 Å². The first-order valence-electron chi connectivity index (χ1n) is 40.2. The van der Waals surface area contributed by atoms with Crippen LogP contribution in [-0.2, 0) is 30.2 Å². The number of fused-ring (bicyclic) bond motifs is 3. The fourth-order valence-electron chi connectivity index (χ4n) is 11.7. The molecule has 0 fully saturated rings. The van der Waals surface area contributed by atoms with E-state index in [0.29, 0.717) is 82.4 Å². The lowest BCUT2D eigenvalue weighted by atomic mass is 10.0. The summed E-state index contributed by atoms with van der Waals surface area (Å²) in [6, 6.07) is 63.6. The molecule has 5 amide bonds. The number of carboxylic acid groups (broad SMARTS) is 2. The van der Waals surface area contributed by atoms with E-state index in [9.17, 15) is 57.5 Å². The molecule has 0 aliphatic heterocycles. The lowest BCUT2D eigenvalue weighted by Crippen LogP contribution is -2.44. The van der Waals surface area contributed by atoms with Crippen LogP contribution >= 0.6 is 69.6 Å². The second-order valence-electron chi connectivity index (χ2n) is 31.6. The molecule has 31 nitrogen and oxygen atoms in total. The maximum Gasteiger partial charge on any atom is 0.419 e. The summed E-state index contributed by atoms with van der Waals surface area (Å²) in [5, 5.41) is 32.5. The number of carboxylic acids is 2. The zero-order valence-corrected chi connectivity index (χ0v) is 78.2. The second-order valence-corrected chi connectivity index (χ2v) is 34.1. The van der Waals surface area contributed by atoms with E-state index in [1.807, 2.05) is 97.1 Å². The fourth-order valence-corrected chi connectivity index (χ4v) is 13.3. The number of ketones is 1. The lowest BCUT2D eigenvalue weighted by Gasteiger charge is -2.23. The summed E-state index contributed by atoms with van der Waals surface area (Å²) < 4.78 is 22.6. The molecule has 14 N–H and O–H groups in total. The SMILES string of the molecule is C[C@H](N)c1nc2cccc(Cl)c2c(=O)n1-c1ccccc1.C[C@H](NC(=O)OC(C)(C)C)C(=O)Nc1cccc(Cl)c1C(=O)Cc1ccccc1.C[C@H](NC(=O)OC(C)(C)C)C(=O)O.C[C@H](NC(=O)OC(C)(C)C)c1nc2cccc(Cl)c2c(=O)n1-c1ccccc1.Nc1cccc(Cl)c1C(=O)Nc1ccccc1.Nc1cccc(Cl)c1C(=O)O.O=c1[nH]c2cccc(Cl)c2c(=O)o1. The van der Waals surface area contributed by atoms with Crippen molar-refractivity contribution >= 4 is 173 Å². The first-order valence-corrected chi connectivity index (χ1v) is 42.5. The van der Waals surface area contributed by atoms with Crippen LogP contribution in [0.4, 0.5) is 37.1 Å². The van der Waals surface area contributed by atoms with E-state index in [2.05, 4.69) is 46.0 Å². The minimum Gasteiger partial charge on any atom is -0.480 e. The third-order valence-electron chi connectivity index (χ3n) is 17.5. The summed E-state index contributed by atoms with van der Waals surface area (Å²) in [6.07, 6.45) is -1.85. The molecule has 3 heterocycles. The highest BCUT2D eigenvalue weighted by Gasteiger charge is 2.28. The average Bonchev–Trinajstić information content (AvgIpc) is 0.761. The number of aliphatic carboxylic acids is 1. The molecule has 0 spiro atoms. The number of nitrogens with one attached hydrogen (secondary N) is 6. The Hall–Kier alpha value is -13.9. The van der Waals surface area contributed by atoms with E-state index in [-0.39, 0.29) is 72.5 Å². The minimum absolute atomic E-state index is 0.0332. The smallest absolute Gasteiger partial charge is 0.419 e. The number of hydrogen-bond acceptors (Lipinski definition) is 21. The third-order valence-corrected chi connectivity index (χ3v) is 19.4. The summed E-state index contributed by atoms with van der Waals surface area (Å²) in [5.41, 5.74) is 19.6. The Bertz CT molecular complexity index is 6510. The van der Waals surface area contributed by atoms with Crippen molar-refractivity contribution in [1.29, 1.82) is 0 Å². The molecule has 0 unspecified atom stereocenters. The predicted octanol–water partition coefficient (Wildman–Crippen LogP) is 19.2. The molecule has 0 saturated carbocycles. The number of nitrogens with zero attached hydrogens (tertiary/aromatic N) is 4. The van der Waals surface area contributed by atoms with Gasteiger partial charge in [0.1, 0.15) is 51.5 Å². The Kier molecular flexibility index (Phi) is 38.3. The van der Waals surface area contributed by atoms with E-state index >= 15 is 0 Å². The molecule has 0 radical (unpaired) electrons. The average molecular weight is 1920 g/mol. The highest BCUT2D eigenvalue weighted by molar-refractivity contribution is 6.37. The molecule has 0 bridgehead atoms. The third kappa shape index (κ3) is 31.5. The number of amides is 5. The summed E-state index contributed by atoms with van der Waals surface area (Å²) in [7, 11) is 0. The molecular formula is C95H97Cl6N13O18. The number of benzene rings is 10. The number of aromatic amines is 1. The van der Waals surface area contributed by atoms with Crippen molar-refractivity contribution in [3.63, 3.8) is 0 Å². The van der Waals surface area contributed by atoms with Crippen LogP contribution in [0, 0.1) is 0 Å². The molecule has 0 saturated heterocycles. The number of rotatable bonds is 16. The largest absolute Gasteiger partial charge is 0.480 e. The van der Waals surface area contributed by atoms with Crippen LogP contribution < -0.4 is 66.3 Å². The zero-order valence-electron chi connectivity index (χ0n) is 73.7. The number of nitrogens with two attached hydrogens (primary N) is 3. The minimum atomic E-state index is -1.10. The van der Waals surface area contributed by atoms with Crippen molar-refractivity contribution in [1.82, 2.24) is 40.0 Å². The summed E-state index contributed by atoms with van der Waals surface area (Å²) >= 11 is 35.9. The highest BCUT2D eigenvalue weighted by Crippen LogP contribution is 2.30. The number of carbonyl (C=O) groups excluding carboxylic acids is 6. The first-order chi connectivity index (χ1) is 62.0. The Morgan fingerprint density at radius 3 is 1.27 bits per heavy atom. The molecular weight excluding hydrogens is 1820 g/mol. The highest BCUT2D eigenvalue weighted by atomic mass is 35.5. The fraction of sp³-hybridized carbons (Fsp3) is 0.221. The molecule has 0 aliphatic carbocycles. The van der Waals surface area contributed by atoms with Crippen LogP contribution in [0.3, 0.4) is 0 Å². The van der Waals surface area contributed by atoms with Gasteiger partial charge in [-0.25, -0.2) is 38.7 Å². The molecule has 692 valence electrons. The number of anilines is 4. The van der Waals surface area contributed by atoms with Crippen molar-refractivity contribution in [2.45, 2.75) is 137 Å². The number of ether oxygens (including phenoxy) is 3. The van der Waals surface area contributed by atoms with Gasteiger partial charge in [-0.15, -0.1) is 0 Å². The first kappa shape index (κ1) is 105. The molecule has 0 aliphatic rings. The van der Waals surface area contributed by atoms with E-state index < -0.39 is 82.4 Å². The molecule has 4 atom stereocenters. The summed E-state index contributed by atoms with van der Waals surface area (Å²) in [4.78, 5) is 153. The van der Waals surface area contributed by atoms with Crippen LogP contribution in [-0.4, -0.2) is 111 Å². The molecule has 13 aromatic rings. The van der Waals surface area contributed by atoms with Gasteiger partial charge in [0.15, 0.2) is 5.78 Å². The van der Waals surface area contributed by atoms with Gasteiger partial charge >= 0.3 is 41.6 Å². The number of hydrogen-bond donors (Lipinski definition) is 11. The molecule has 132 heavy (non-hydrogen) atoms. The maximum absolute atomic E-state index is 13.3. The van der Waals surface area contributed by atoms with Gasteiger partial charge in [0.05, 0.1) is 97.7 Å². The van der Waals surface area contributed by atoms with Gasteiger partial charge in [0, 0.05) is 23.5 Å². The number of aromatic nitrogens is 5. The topological polar surface area (TPSA) is 476 Å². The summed E-state index contributed by atoms with van der Waals surface area (Å²) in [5.74, 6) is -3.09. The Labute approximate surface area is 787 Å². The van der Waals surface area contributed by atoms with E-state index in [1.54, 1.807) is 197 Å². The van der Waals surface area contributed by atoms with Crippen LogP contribution in [0.1, 0.15) is 150 Å². The molecule has 3 aromatic heterocycles. The number of Topliss-reactive ketones (excluding diaryl/α,β-unsaturated/α-hetero) is 1. The number of halogens is 6. The lowest BCUT2D eigenvalue weighted by molar-refractivity contribution is -0.139. The predicted molar refractivity (Wildman–Crippen MR) is 516 cm³/mol.